The van der Waals surface area contributed by atoms with Crippen molar-refractivity contribution in [1.82, 2.24) is 19.5 Å². The van der Waals surface area contributed by atoms with Crippen LogP contribution in [0.4, 0.5) is 0 Å². The molecule has 3 heterocycles. The van der Waals surface area contributed by atoms with Gasteiger partial charge in [0.1, 0.15) is 11.2 Å². The lowest BCUT2D eigenvalue weighted by Crippen LogP contribution is -2.33. The Kier molecular flexibility index (Phi) is 7.98. The lowest BCUT2D eigenvalue weighted by atomic mass is 9.63. The normalized spacial score (nSPS) is 14.6. The summed E-state index contributed by atoms with van der Waals surface area (Å²) in [6.45, 7) is 9.62. The third kappa shape index (κ3) is 5.72. The summed E-state index contributed by atoms with van der Waals surface area (Å²) in [4.78, 5) is 15.9. The third-order valence-corrected chi connectivity index (χ3v) is 13.5. The van der Waals surface area contributed by atoms with Gasteiger partial charge in [0.2, 0.25) is 0 Å². The SMILES string of the molecule is CC1(C)CCC(C)(C)c2cc3c(cc21)c1ccccc1n3-c1cccc(-c2nc(-c3cccc(-c4cccc5oc6ccccc6c45)c3)nc(-c3cccc4ccccc34)n2)c1. The second kappa shape index (κ2) is 13.6. The van der Waals surface area contributed by atoms with Crippen molar-refractivity contribution >= 4 is 54.5 Å². The number of fused-ring (bicyclic) bond motifs is 8. The fraction of sp³-hybridized carbons (Fsp3) is 0.140. The van der Waals surface area contributed by atoms with Crippen molar-refractivity contribution in [3.05, 3.63) is 181 Å². The molecule has 0 fully saturated rings. The van der Waals surface area contributed by atoms with Crippen LogP contribution in [0.25, 0.3) is 105 Å². The molecular weight excluding hydrogens is 757 g/mol. The first-order chi connectivity index (χ1) is 30.2. The summed E-state index contributed by atoms with van der Waals surface area (Å²) >= 11 is 0. The molecule has 5 nitrogen and oxygen atoms in total. The van der Waals surface area contributed by atoms with Crippen molar-refractivity contribution in [3.63, 3.8) is 0 Å². The molecule has 1 aliphatic rings. The Balaban J connectivity index is 1.06. The molecule has 62 heavy (non-hydrogen) atoms. The molecule has 0 spiro atoms. The molecular formula is C57H44N4O. The van der Waals surface area contributed by atoms with E-state index in [4.69, 9.17) is 19.4 Å². The van der Waals surface area contributed by atoms with Crippen LogP contribution in [0.2, 0.25) is 0 Å². The van der Waals surface area contributed by atoms with Gasteiger partial charge < -0.3 is 8.98 Å². The molecule has 298 valence electrons. The van der Waals surface area contributed by atoms with Crippen molar-refractivity contribution in [2.75, 3.05) is 0 Å². The van der Waals surface area contributed by atoms with E-state index >= 15 is 0 Å². The van der Waals surface area contributed by atoms with Gasteiger partial charge in [-0.2, -0.15) is 0 Å². The van der Waals surface area contributed by atoms with Crippen molar-refractivity contribution in [2.24, 2.45) is 0 Å². The van der Waals surface area contributed by atoms with Gasteiger partial charge in [0, 0.05) is 43.9 Å². The van der Waals surface area contributed by atoms with E-state index in [0.717, 1.165) is 72.6 Å². The number of para-hydroxylation sites is 2. The van der Waals surface area contributed by atoms with Gasteiger partial charge in [0.15, 0.2) is 17.5 Å². The molecule has 0 saturated carbocycles. The monoisotopic (exact) mass is 800 g/mol. The Labute approximate surface area is 360 Å². The van der Waals surface area contributed by atoms with Crippen molar-refractivity contribution in [1.29, 1.82) is 0 Å². The van der Waals surface area contributed by atoms with E-state index in [1.54, 1.807) is 0 Å². The molecule has 0 bridgehead atoms. The van der Waals surface area contributed by atoms with Crippen LogP contribution in [0.3, 0.4) is 0 Å². The van der Waals surface area contributed by atoms with Gasteiger partial charge in [0.05, 0.1) is 11.0 Å². The van der Waals surface area contributed by atoms with E-state index in [9.17, 15) is 0 Å². The number of rotatable bonds is 5. The minimum Gasteiger partial charge on any atom is -0.456 e. The average Bonchev–Trinajstić information content (AvgIpc) is 3.86. The number of furan rings is 1. The first-order valence-corrected chi connectivity index (χ1v) is 21.6. The summed E-state index contributed by atoms with van der Waals surface area (Å²) in [5.74, 6) is 1.87. The molecule has 0 radical (unpaired) electrons. The molecule has 3 aromatic heterocycles. The summed E-state index contributed by atoms with van der Waals surface area (Å²) in [6, 6.07) is 60.3. The zero-order valence-corrected chi connectivity index (χ0v) is 35.3. The van der Waals surface area contributed by atoms with Crippen LogP contribution >= 0.6 is 0 Å². The first-order valence-electron chi connectivity index (χ1n) is 21.6. The maximum Gasteiger partial charge on any atom is 0.164 e. The minimum absolute atomic E-state index is 0.0809. The topological polar surface area (TPSA) is 56.7 Å². The van der Waals surface area contributed by atoms with E-state index < -0.39 is 0 Å². The highest BCUT2D eigenvalue weighted by Gasteiger charge is 2.38. The summed E-state index contributed by atoms with van der Waals surface area (Å²) in [7, 11) is 0. The molecule has 0 N–H and O–H groups in total. The van der Waals surface area contributed by atoms with Crippen molar-refractivity contribution in [2.45, 2.75) is 51.4 Å². The number of nitrogens with zero attached hydrogens (tertiary/aromatic N) is 4. The van der Waals surface area contributed by atoms with Crippen molar-refractivity contribution < 1.29 is 4.42 Å². The zero-order chi connectivity index (χ0) is 41.7. The number of aromatic nitrogens is 4. The van der Waals surface area contributed by atoms with Crippen molar-refractivity contribution in [3.8, 4) is 51.0 Å². The summed E-state index contributed by atoms with van der Waals surface area (Å²) in [5.41, 5.74) is 13.3. The molecule has 11 aromatic rings. The number of hydrogen-bond donors (Lipinski definition) is 0. The molecule has 0 saturated heterocycles. The fourth-order valence-electron chi connectivity index (χ4n) is 10.1. The van der Waals surface area contributed by atoms with Crippen LogP contribution in [-0.2, 0) is 10.8 Å². The largest absolute Gasteiger partial charge is 0.456 e. The molecule has 12 rings (SSSR count). The minimum atomic E-state index is 0.0809. The highest BCUT2D eigenvalue weighted by Crippen LogP contribution is 2.49. The highest BCUT2D eigenvalue weighted by molar-refractivity contribution is 6.13. The third-order valence-electron chi connectivity index (χ3n) is 13.5. The van der Waals surface area contributed by atoms with E-state index in [1.807, 2.05) is 18.2 Å². The maximum absolute atomic E-state index is 6.28. The Morgan fingerprint density at radius 2 is 1.02 bits per heavy atom. The first kappa shape index (κ1) is 36.5. The fourth-order valence-corrected chi connectivity index (χ4v) is 10.1. The predicted octanol–water partition coefficient (Wildman–Crippen LogP) is 15.0. The van der Waals surface area contributed by atoms with Crippen LogP contribution < -0.4 is 0 Å². The van der Waals surface area contributed by atoms with Crippen LogP contribution in [0.1, 0.15) is 51.7 Å². The van der Waals surface area contributed by atoms with Gasteiger partial charge in [0.25, 0.3) is 0 Å². The van der Waals surface area contributed by atoms with E-state index in [0.29, 0.717) is 17.5 Å². The Morgan fingerprint density at radius 3 is 1.84 bits per heavy atom. The molecule has 8 aromatic carbocycles. The molecule has 0 unspecified atom stereocenters. The van der Waals surface area contributed by atoms with E-state index in [2.05, 4.69) is 184 Å². The number of hydrogen-bond acceptors (Lipinski definition) is 4. The number of benzene rings is 8. The molecule has 1 aliphatic carbocycles. The van der Waals surface area contributed by atoms with Gasteiger partial charge in [-0.1, -0.05) is 149 Å². The Hall–Kier alpha value is -7.37. The highest BCUT2D eigenvalue weighted by atomic mass is 16.3. The van der Waals surface area contributed by atoms with Gasteiger partial charge in [-0.05, 0) is 105 Å². The van der Waals surface area contributed by atoms with Gasteiger partial charge in [-0.25, -0.2) is 15.0 Å². The summed E-state index contributed by atoms with van der Waals surface area (Å²) in [6.07, 6.45) is 2.34. The summed E-state index contributed by atoms with van der Waals surface area (Å²) in [5, 5.41) is 6.98. The van der Waals surface area contributed by atoms with Gasteiger partial charge in [-0.3, -0.25) is 0 Å². The average molecular weight is 801 g/mol. The van der Waals surface area contributed by atoms with E-state index in [1.165, 1.54) is 39.4 Å². The molecule has 5 heteroatoms. The quantitative estimate of drug-likeness (QED) is 0.174. The second-order valence-electron chi connectivity index (χ2n) is 18.3. The smallest absolute Gasteiger partial charge is 0.164 e. The predicted molar refractivity (Wildman–Crippen MR) is 256 cm³/mol. The Morgan fingerprint density at radius 1 is 0.435 bits per heavy atom. The molecule has 0 amide bonds. The molecule has 0 atom stereocenters. The second-order valence-corrected chi connectivity index (χ2v) is 18.3. The zero-order valence-electron chi connectivity index (χ0n) is 35.3. The van der Waals surface area contributed by atoms with Crippen LogP contribution in [0, 0.1) is 0 Å². The van der Waals surface area contributed by atoms with Gasteiger partial charge in [-0.15, -0.1) is 0 Å². The van der Waals surface area contributed by atoms with Gasteiger partial charge >= 0.3 is 0 Å². The summed E-state index contributed by atoms with van der Waals surface area (Å²) < 4.78 is 8.72. The van der Waals surface area contributed by atoms with Crippen LogP contribution in [-0.4, -0.2) is 19.5 Å². The van der Waals surface area contributed by atoms with E-state index in [-0.39, 0.29) is 10.8 Å². The lowest BCUT2D eigenvalue weighted by Gasteiger charge is -2.42. The molecule has 0 aliphatic heterocycles. The van der Waals surface area contributed by atoms with Crippen LogP contribution in [0.5, 0.6) is 0 Å². The standard InChI is InChI=1S/C57H44N4O/c1-56(2)29-30-57(3,4)47-34-49-45(33-46(47)56)42-22-7-9-26-48(42)61(49)39-20-12-19-38(32-39)54-58-53(59-55(60-54)43-25-13-16-35-15-5-6-21-40(35)43)37-18-11-17-36(31-37)41-24-14-28-51-52(41)44-23-8-10-27-50(44)62-51/h5-28,31-34H,29-30H2,1-4H3. The maximum atomic E-state index is 6.28. The lowest BCUT2D eigenvalue weighted by molar-refractivity contribution is 0.332. The Bertz CT molecular complexity index is 3600. The van der Waals surface area contributed by atoms with Crippen LogP contribution in [0.15, 0.2) is 174 Å².